The molecule has 0 aliphatic carbocycles. The fraction of sp³-hybridized carbons (Fsp3) is 0.120. The van der Waals surface area contributed by atoms with Gasteiger partial charge in [0.25, 0.3) is 0 Å². The van der Waals surface area contributed by atoms with Crippen molar-refractivity contribution in [3.05, 3.63) is 75.9 Å². The average Bonchev–Trinajstić information content (AvgIpc) is 2.82. The number of phenolic OH excluding ortho intramolecular Hbond substituents is 4. The van der Waals surface area contributed by atoms with E-state index in [2.05, 4.69) is 0 Å². The van der Waals surface area contributed by atoms with Crippen LogP contribution >= 0.6 is 0 Å². The molecule has 0 unspecified atom stereocenters. The highest BCUT2D eigenvalue weighted by Gasteiger charge is 2.29. The SMILES string of the molecule is COC(=O)C[C@@H](c1ccccc1)c1c(O)cc(O)c2c(=O)c(O)c(-c3ccc(O)c(O)c3)oc12. The number of phenols is 4. The van der Waals surface area contributed by atoms with Gasteiger partial charge in [-0.1, -0.05) is 30.3 Å². The van der Waals surface area contributed by atoms with Gasteiger partial charge in [0, 0.05) is 23.1 Å². The molecule has 9 nitrogen and oxygen atoms in total. The summed E-state index contributed by atoms with van der Waals surface area (Å²) in [5.74, 6) is -4.69. The van der Waals surface area contributed by atoms with Crippen LogP contribution in [0.3, 0.4) is 0 Å². The summed E-state index contributed by atoms with van der Waals surface area (Å²) in [6.07, 6.45) is -0.228. The number of fused-ring (bicyclic) bond motifs is 1. The van der Waals surface area contributed by atoms with Gasteiger partial charge in [0.2, 0.25) is 11.2 Å². The molecular formula is C25H20O9. The van der Waals surface area contributed by atoms with Crippen LogP contribution in [0.4, 0.5) is 0 Å². The van der Waals surface area contributed by atoms with Crippen molar-refractivity contribution in [3.63, 3.8) is 0 Å². The number of carbonyl (C=O) groups is 1. The third-order valence-corrected chi connectivity index (χ3v) is 5.53. The summed E-state index contributed by atoms with van der Waals surface area (Å²) >= 11 is 0. The molecule has 0 fully saturated rings. The molecule has 0 amide bonds. The quantitative estimate of drug-likeness (QED) is 0.219. The smallest absolute Gasteiger partial charge is 0.306 e. The first-order valence-electron chi connectivity index (χ1n) is 10.1. The first-order chi connectivity index (χ1) is 16.2. The second kappa shape index (κ2) is 8.70. The molecule has 174 valence electrons. The van der Waals surface area contributed by atoms with Crippen LogP contribution in [0, 0.1) is 0 Å². The van der Waals surface area contributed by atoms with Gasteiger partial charge in [-0.3, -0.25) is 9.59 Å². The predicted octanol–water partition coefficient (Wildman–Crippen LogP) is 3.68. The molecule has 0 bridgehead atoms. The van der Waals surface area contributed by atoms with Crippen LogP contribution in [0.2, 0.25) is 0 Å². The number of hydrogen-bond donors (Lipinski definition) is 5. The normalized spacial score (nSPS) is 11.9. The van der Waals surface area contributed by atoms with Crippen molar-refractivity contribution < 1.29 is 39.5 Å². The number of ether oxygens (including phenoxy) is 1. The third kappa shape index (κ3) is 3.83. The first kappa shape index (κ1) is 22.5. The largest absolute Gasteiger partial charge is 0.507 e. The maximum Gasteiger partial charge on any atom is 0.306 e. The molecule has 0 spiro atoms. The minimum atomic E-state index is -0.993. The number of hydrogen-bond acceptors (Lipinski definition) is 9. The lowest BCUT2D eigenvalue weighted by Gasteiger charge is -2.20. The molecule has 1 aromatic heterocycles. The predicted molar refractivity (Wildman–Crippen MR) is 121 cm³/mol. The van der Waals surface area contributed by atoms with Crippen molar-refractivity contribution >= 4 is 16.9 Å². The van der Waals surface area contributed by atoms with Crippen molar-refractivity contribution in [1.82, 2.24) is 0 Å². The minimum Gasteiger partial charge on any atom is -0.507 e. The van der Waals surface area contributed by atoms with Crippen LogP contribution in [0.5, 0.6) is 28.7 Å². The van der Waals surface area contributed by atoms with Crippen molar-refractivity contribution in [1.29, 1.82) is 0 Å². The zero-order chi connectivity index (χ0) is 24.6. The summed E-state index contributed by atoms with van der Waals surface area (Å²) in [6.45, 7) is 0. The second-order valence-corrected chi connectivity index (χ2v) is 7.59. The number of esters is 1. The van der Waals surface area contributed by atoms with E-state index in [-0.39, 0.29) is 28.9 Å². The number of rotatable bonds is 5. The molecule has 34 heavy (non-hydrogen) atoms. The van der Waals surface area contributed by atoms with Crippen LogP contribution in [-0.4, -0.2) is 38.6 Å². The topological polar surface area (TPSA) is 158 Å². The van der Waals surface area contributed by atoms with Crippen LogP contribution in [0.1, 0.15) is 23.5 Å². The molecule has 4 aromatic rings. The van der Waals surface area contributed by atoms with Crippen LogP contribution in [-0.2, 0) is 9.53 Å². The van der Waals surface area contributed by atoms with Gasteiger partial charge < -0.3 is 34.7 Å². The summed E-state index contributed by atoms with van der Waals surface area (Å²) in [4.78, 5) is 25.3. The molecule has 0 aliphatic heterocycles. The average molecular weight is 464 g/mol. The Morgan fingerprint density at radius 2 is 1.62 bits per heavy atom. The van der Waals surface area contributed by atoms with Crippen molar-refractivity contribution in [2.24, 2.45) is 0 Å². The molecule has 0 radical (unpaired) electrons. The van der Waals surface area contributed by atoms with Crippen molar-refractivity contribution in [2.75, 3.05) is 7.11 Å². The van der Waals surface area contributed by atoms with Gasteiger partial charge >= 0.3 is 5.97 Å². The lowest BCUT2D eigenvalue weighted by molar-refractivity contribution is -0.140. The van der Waals surface area contributed by atoms with E-state index in [9.17, 15) is 35.1 Å². The molecule has 1 heterocycles. The molecule has 0 saturated carbocycles. The Balaban J connectivity index is 2.08. The maximum absolute atomic E-state index is 13.0. The second-order valence-electron chi connectivity index (χ2n) is 7.59. The minimum absolute atomic E-state index is 0.0192. The lowest BCUT2D eigenvalue weighted by atomic mass is 9.86. The van der Waals surface area contributed by atoms with Gasteiger partial charge in [-0.05, 0) is 23.8 Å². The van der Waals surface area contributed by atoms with E-state index in [4.69, 9.17) is 9.15 Å². The molecule has 3 aromatic carbocycles. The van der Waals surface area contributed by atoms with E-state index in [1.165, 1.54) is 13.2 Å². The third-order valence-electron chi connectivity index (χ3n) is 5.53. The molecular weight excluding hydrogens is 444 g/mol. The lowest BCUT2D eigenvalue weighted by Crippen LogP contribution is -2.12. The van der Waals surface area contributed by atoms with Gasteiger partial charge in [-0.15, -0.1) is 0 Å². The van der Waals surface area contributed by atoms with Gasteiger partial charge in [-0.25, -0.2) is 0 Å². The molecule has 5 N–H and O–H groups in total. The summed E-state index contributed by atoms with van der Waals surface area (Å²) in [7, 11) is 1.22. The number of aromatic hydroxyl groups is 5. The molecule has 1 atom stereocenters. The van der Waals surface area contributed by atoms with Gasteiger partial charge in [-0.2, -0.15) is 0 Å². The zero-order valence-corrected chi connectivity index (χ0v) is 17.8. The molecule has 0 aliphatic rings. The number of methoxy groups -OCH3 is 1. The maximum atomic E-state index is 13.0. The number of benzene rings is 3. The summed E-state index contributed by atoms with van der Waals surface area (Å²) < 4.78 is 10.7. The van der Waals surface area contributed by atoms with E-state index >= 15 is 0 Å². The first-order valence-corrected chi connectivity index (χ1v) is 10.1. The van der Waals surface area contributed by atoms with E-state index in [0.717, 1.165) is 18.2 Å². The van der Waals surface area contributed by atoms with Crippen LogP contribution < -0.4 is 5.43 Å². The van der Waals surface area contributed by atoms with E-state index in [1.54, 1.807) is 30.3 Å². The standard InChI is InChI=1S/C25H20O9/c1-33-19(30)10-14(12-5-3-2-4-6-12)20-17(28)11-18(29)21-22(31)23(32)24(34-25(20)21)13-7-8-15(26)16(27)9-13/h2-9,11,14,26-29,32H,10H2,1H3/t14-/m0/s1. The number of carbonyl (C=O) groups excluding carboxylic acids is 1. The molecule has 4 rings (SSSR count). The molecule has 9 heteroatoms. The Morgan fingerprint density at radius 1 is 0.912 bits per heavy atom. The van der Waals surface area contributed by atoms with E-state index < -0.39 is 51.4 Å². The van der Waals surface area contributed by atoms with Crippen molar-refractivity contribution in [2.45, 2.75) is 12.3 Å². The van der Waals surface area contributed by atoms with Crippen LogP contribution in [0.25, 0.3) is 22.3 Å². The van der Waals surface area contributed by atoms with Crippen LogP contribution in [0.15, 0.2) is 63.8 Å². The highest BCUT2D eigenvalue weighted by molar-refractivity contribution is 5.92. The Hall–Kier alpha value is -4.66. The summed E-state index contributed by atoms with van der Waals surface area (Å²) in [6, 6.07) is 13.1. The van der Waals surface area contributed by atoms with Crippen molar-refractivity contribution in [3.8, 4) is 40.1 Å². The van der Waals surface area contributed by atoms with Gasteiger partial charge in [0.05, 0.1) is 13.5 Å². The van der Waals surface area contributed by atoms with E-state index in [1.807, 2.05) is 0 Å². The van der Waals surface area contributed by atoms with Gasteiger partial charge in [0.1, 0.15) is 22.5 Å². The molecule has 0 saturated heterocycles. The van der Waals surface area contributed by atoms with E-state index in [0.29, 0.717) is 5.56 Å². The highest BCUT2D eigenvalue weighted by Crippen LogP contribution is 2.44. The zero-order valence-electron chi connectivity index (χ0n) is 17.8. The Labute approximate surface area is 192 Å². The summed E-state index contributed by atoms with van der Waals surface area (Å²) in [5.41, 5.74) is -0.599. The Kier molecular flexibility index (Phi) is 5.77. The fourth-order valence-electron chi connectivity index (χ4n) is 3.86. The Bertz CT molecular complexity index is 1460. The fourth-order valence-corrected chi connectivity index (χ4v) is 3.86. The Morgan fingerprint density at radius 3 is 2.26 bits per heavy atom. The highest BCUT2D eigenvalue weighted by atomic mass is 16.5. The monoisotopic (exact) mass is 464 g/mol. The summed E-state index contributed by atoms with van der Waals surface area (Å²) in [5, 5.41) is 50.8. The van der Waals surface area contributed by atoms with Gasteiger partial charge in [0.15, 0.2) is 17.3 Å².